The Morgan fingerprint density at radius 2 is 1.90 bits per heavy atom. The van der Waals surface area contributed by atoms with Crippen LogP contribution < -0.4 is 26.7 Å². The maximum Gasteiger partial charge on any atom is 0.350 e. The van der Waals surface area contributed by atoms with Crippen LogP contribution in [0.25, 0.3) is 10.9 Å². The van der Waals surface area contributed by atoms with Gasteiger partial charge in [0.25, 0.3) is 5.56 Å². The summed E-state index contributed by atoms with van der Waals surface area (Å²) in [7, 11) is 1.37. The zero-order valence-electron chi connectivity index (χ0n) is 18.1. The molecular formula is C21H27FN4O5. The molecule has 2 aromatic rings. The first-order chi connectivity index (χ1) is 14.5. The molecule has 1 aliphatic carbocycles. The predicted molar refractivity (Wildman–Crippen MR) is 114 cm³/mol. The first-order valence-corrected chi connectivity index (χ1v) is 10.3. The molecule has 2 aliphatic rings. The zero-order valence-corrected chi connectivity index (χ0v) is 18.1. The summed E-state index contributed by atoms with van der Waals surface area (Å²) in [6.45, 7) is 6.04. The van der Waals surface area contributed by atoms with Crippen molar-refractivity contribution in [2.45, 2.75) is 51.7 Å². The second kappa shape index (κ2) is 7.28. The van der Waals surface area contributed by atoms with Gasteiger partial charge in [-0.3, -0.25) is 14.2 Å². The van der Waals surface area contributed by atoms with E-state index >= 15 is 4.39 Å². The number of carbonyl (C=O) groups excluding carboxylic acids is 1. The van der Waals surface area contributed by atoms with Crippen molar-refractivity contribution in [2.75, 3.05) is 30.9 Å². The highest BCUT2D eigenvalue weighted by Gasteiger charge is 2.36. The molecular weight excluding hydrogens is 407 g/mol. The lowest BCUT2D eigenvalue weighted by molar-refractivity contribution is -0.159. The highest BCUT2D eigenvalue weighted by Crippen LogP contribution is 2.43. The zero-order chi connectivity index (χ0) is 22.7. The topological polar surface area (TPSA) is 109 Å². The van der Waals surface area contributed by atoms with Crippen LogP contribution in [0.4, 0.5) is 10.1 Å². The van der Waals surface area contributed by atoms with E-state index in [2.05, 4.69) is 0 Å². The summed E-state index contributed by atoms with van der Waals surface area (Å²) in [4.78, 5) is 39.5. The monoisotopic (exact) mass is 434 g/mol. The van der Waals surface area contributed by atoms with Crippen LogP contribution >= 0.6 is 0 Å². The quantitative estimate of drug-likeness (QED) is 0.574. The maximum absolute atomic E-state index is 15.3. The molecule has 1 unspecified atom stereocenters. The number of rotatable bonds is 4. The largest absolute Gasteiger partial charge is 0.492 e. The Hall–Kier alpha value is -3.04. The second-order valence-corrected chi connectivity index (χ2v) is 9.16. The molecule has 1 saturated heterocycles. The Kier molecular flexibility index (Phi) is 4.98. The van der Waals surface area contributed by atoms with Gasteiger partial charge < -0.3 is 20.2 Å². The Morgan fingerprint density at radius 1 is 1.23 bits per heavy atom. The van der Waals surface area contributed by atoms with Gasteiger partial charge in [-0.25, -0.2) is 9.18 Å². The van der Waals surface area contributed by atoms with Crippen LogP contribution in [0, 0.1) is 11.7 Å². The van der Waals surface area contributed by atoms with Gasteiger partial charge in [-0.15, -0.1) is 0 Å². The number of ether oxygens (including phenoxy) is 2. The van der Waals surface area contributed by atoms with Gasteiger partial charge in [-0.05, 0) is 46.1 Å². The molecule has 0 radical (unpaired) electrons. The summed E-state index contributed by atoms with van der Waals surface area (Å²) >= 11 is 0. The minimum absolute atomic E-state index is 0.0185. The van der Waals surface area contributed by atoms with E-state index in [1.165, 1.54) is 11.7 Å². The lowest BCUT2D eigenvalue weighted by Gasteiger charge is -2.25. The third-order valence-corrected chi connectivity index (χ3v) is 5.65. The number of nitrogen functional groups attached to an aromatic ring is 1. The fourth-order valence-electron chi connectivity index (χ4n) is 4.14. The van der Waals surface area contributed by atoms with E-state index in [4.69, 9.17) is 15.3 Å². The molecule has 2 N–H and O–H groups in total. The van der Waals surface area contributed by atoms with Gasteiger partial charge in [0.15, 0.2) is 11.6 Å². The number of esters is 1. The normalized spacial score (nSPS) is 19.1. The molecule has 2 heterocycles. The van der Waals surface area contributed by atoms with Crippen molar-refractivity contribution in [1.82, 2.24) is 9.24 Å². The average molecular weight is 434 g/mol. The molecule has 1 aromatic carbocycles. The first kappa shape index (κ1) is 21.2. The van der Waals surface area contributed by atoms with Crippen molar-refractivity contribution in [3.05, 3.63) is 32.7 Å². The summed E-state index contributed by atoms with van der Waals surface area (Å²) < 4.78 is 28.2. The predicted octanol–water partition coefficient (Wildman–Crippen LogP) is 1.53. The third-order valence-electron chi connectivity index (χ3n) is 5.65. The van der Waals surface area contributed by atoms with Gasteiger partial charge in [0.05, 0.1) is 18.4 Å². The molecule has 2 fully saturated rings. The van der Waals surface area contributed by atoms with E-state index in [0.717, 1.165) is 18.9 Å². The van der Waals surface area contributed by atoms with Gasteiger partial charge >= 0.3 is 11.7 Å². The van der Waals surface area contributed by atoms with Crippen LogP contribution in [0.3, 0.4) is 0 Å². The number of anilines is 1. The SMILES string of the molecule is COc1c(N2CCC(C(=O)OC(C)(C)C)C2)c(F)cc2c(=O)n(N)c(=O)n(C3CC3)c12. The van der Waals surface area contributed by atoms with Crippen LogP contribution in [0.1, 0.15) is 46.1 Å². The van der Waals surface area contributed by atoms with Crippen molar-refractivity contribution in [2.24, 2.45) is 5.92 Å². The van der Waals surface area contributed by atoms with Crippen LogP contribution in [0.2, 0.25) is 0 Å². The Morgan fingerprint density at radius 3 is 2.48 bits per heavy atom. The fourth-order valence-corrected chi connectivity index (χ4v) is 4.14. The van der Waals surface area contributed by atoms with E-state index in [1.54, 1.807) is 25.7 Å². The van der Waals surface area contributed by atoms with Crippen LogP contribution in [-0.2, 0) is 9.53 Å². The smallest absolute Gasteiger partial charge is 0.350 e. The molecule has 1 aromatic heterocycles. The minimum Gasteiger partial charge on any atom is -0.492 e. The summed E-state index contributed by atoms with van der Waals surface area (Å²) in [6.07, 6.45) is 2.01. The number of hydrogen-bond acceptors (Lipinski definition) is 7. The summed E-state index contributed by atoms with van der Waals surface area (Å²) in [5.74, 6) is 4.34. The molecule has 1 atom stereocenters. The number of aromatic nitrogens is 2. The number of benzene rings is 1. The van der Waals surface area contributed by atoms with Gasteiger partial charge in [-0.2, -0.15) is 4.68 Å². The van der Waals surface area contributed by atoms with Crippen molar-refractivity contribution in [3.63, 3.8) is 0 Å². The van der Waals surface area contributed by atoms with E-state index in [-0.39, 0.29) is 40.9 Å². The highest BCUT2D eigenvalue weighted by atomic mass is 19.1. The number of nitrogens with two attached hydrogens (primary N) is 1. The second-order valence-electron chi connectivity index (χ2n) is 9.16. The molecule has 10 heteroatoms. The number of methoxy groups -OCH3 is 1. The van der Waals surface area contributed by atoms with Crippen molar-refractivity contribution < 1.29 is 18.7 Å². The van der Waals surface area contributed by atoms with E-state index in [1.807, 2.05) is 0 Å². The van der Waals surface area contributed by atoms with Crippen molar-refractivity contribution in [1.29, 1.82) is 0 Å². The van der Waals surface area contributed by atoms with Crippen molar-refractivity contribution >= 4 is 22.6 Å². The molecule has 4 rings (SSSR count). The van der Waals surface area contributed by atoms with E-state index in [0.29, 0.717) is 17.6 Å². The number of hydrogen-bond donors (Lipinski definition) is 1. The fraction of sp³-hybridized carbons (Fsp3) is 0.571. The van der Waals surface area contributed by atoms with Gasteiger partial charge in [-0.1, -0.05) is 0 Å². The number of nitrogens with zero attached hydrogens (tertiary/aromatic N) is 3. The first-order valence-electron chi connectivity index (χ1n) is 10.3. The van der Waals surface area contributed by atoms with Crippen molar-refractivity contribution in [3.8, 4) is 5.75 Å². The molecule has 1 saturated carbocycles. The maximum atomic E-state index is 15.3. The standard InChI is InChI=1S/C21H27FN4O5/c1-21(2,3)31-19(28)11-7-8-24(10-11)16-14(22)9-13-15(17(16)30-4)25(12-5-6-12)20(29)26(23)18(13)27/h9,11-12H,5-8,10,23H2,1-4H3. The van der Waals surface area contributed by atoms with E-state index in [9.17, 15) is 14.4 Å². The Labute approximate surface area is 178 Å². The minimum atomic E-state index is -0.784. The lowest BCUT2D eigenvalue weighted by atomic mass is 10.1. The molecule has 0 spiro atoms. The molecule has 0 bridgehead atoms. The Balaban J connectivity index is 1.83. The molecule has 0 amide bonds. The lowest BCUT2D eigenvalue weighted by Crippen LogP contribution is -2.44. The molecule has 9 nitrogen and oxygen atoms in total. The van der Waals surface area contributed by atoms with Crippen LogP contribution in [0.5, 0.6) is 5.75 Å². The van der Waals surface area contributed by atoms with Gasteiger partial charge in [0, 0.05) is 19.1 Å². The molecule has 168 valence electrons. The third kappa shape index (κ3) is 3.64. The summed E-state index contributed by atoms with van der Waals surface area (Å²) in [5, 5.41) is -0.0185. The summed E-state index contributed by atoms with van der Waals surface area (Å²) in [6, 6.07) is 0.976. The number of carbonyl (C=O) groups is 1. The highest BCUT2D eigenvalue weighted by molar-refractivity contribution is 5.91. The van der Waals surface area contributed by atoms with Gasteiger partial charge in [0.1, 0.15) is 16.8 Å². The van der Waals surface area contributed by atoms with Crippen LogP contribution in [0.15, 0.2) is 15.7 Å². The van der Waals surface area contributed by atoms with Crippen LogP contribution in [-0.4, -0.2) is 41.0 Å². The molecule has 31 heavy (non-hydrogen) atoms. The summed E-state index contributed by atoms with van der Waals surface area (Å²) in [5.41, 5.74) is -1.70. The average Bonchev–Trinajstić information content (AvgIpc) is 3.40. The Bertz CT molecular complexity index is 1180. The van der Waals surface area contributed by atoms with Gasteiger partial charge in [0.2, 0.25) is 0 Å². The number of fused-ring (bicyclic) bond motifs is 1. The number of halogens is 1. The van der Waals surface area contributed by atoms with E-state index < -0.39 is 28.6 Å². The molecule has 1 aliphatic heterocycles.